The first-order chi connectivity index (χ1) is 10.1. The molecule has 1 aliphatic rings. The third-order valence-electron chi connectivity index (χ3n) is 4.67. The number of pyridine rings is 1. The van der Waals surface area contributed by atoms with E-state index in [1.165, 1.54) is 28.5 Å². The molecule has 0 fully saturated rings. The number of nitrogens with one attached hydrogen (secondary N) is 2. The van der Waals surface area contributed by atoms with Crippen LogP contribution >= 0.6 is 0 Å². The van der Waals surface area contributed by atoms with Crippen LogP contribution in [0.25, 0.3) is 21.8 Å². The maximum Gasteiger partial charge on any atom is 0.164 e. The van der Waals surface area contributed by atoms with Gasteiger partial charge in [-0.1, -0.05) is 32.0 Å². The molecule has 4 rings (SSSR count). The summed E-state index contributed by atoms with van der Waals surface area (Å²) >= 11 is 0. The molecule has 3 aromatic rings. The summed E-state index contributed by atoms with van der Waals surface area (Å²) in [7, 11) is 0. The summed E-state index contributed by atoms with van der Waals surface area (Å²) in [6.07, 6.45) is 3.29. The van der Waals surface area contributed by atoms with E-state index in [0.29, 0.717) is 5.41 Å². The number of fused-ring (bicyclic) bond motifs is 5. The molecule has 4 nitrogen and oxygen atoms in total. The number of aromatic amines is 1. The van der Waals surface area contributed by atoms with Crippen LogP contribution in [0.4, 0.5) is 5.82 Å². The number of hydrazine groups is 1. The molecule has 108 valence electrons. The third-order valence-corrected chi connectivity index (χ3v) is 4.67. The summed E-state index contributed by atoms with van der Waals surface area (Å²) in [4.78, 5) is 8.25. The first-order valence-electron chi connectivity index (χ1n) is 7.48. The van der Waals surface area contributed by atoms with Crippen molar-refractivity contribution in [3.8, 4) is 0 Å². The molecule has 0 spiro atoms. The first kappa shape index (κ1) is 12.7. The van der Waals surface area contributed by atoms with Gasteiger partial charge in [0.05, 0.1) is 5.52 Å². The van der Waals surface area contributed by atoms with E-state index in [4.69, 9.17) is 10.8 Å². The van der Waals surface area contributed by atoms with Crippen LogP contribution in [0.2, 0.25) is 0 Å². The minimum absolute atomic E-state index is 0.311. The highest BCUT2D eigenvalue weighted by Gasteiger charge is 2.29. The average molecular weight is 280 g/mol. The van der Waals surface area contributed by atoms with Crippen LogP contribution in [0.15, 0.2) is 24.3 Å². The Kier molecular flexibility index (Phi) is 2.54. The topological polar surface area (TPSA) is 66.7 Å². The van der Waals surface area contributed by atoms with Crippen LogP contribution < -0.4 is 11.3 Å². The van der Waals surface area contributed by atoms with Gasteiger partial charge in [-0.2, -0.15) is 0 Å². The molecule has 1 aromatic carbocycles. The zero-order chi connectivity index (χ0) is 14.6. The largest absolute Gasteiger partial charge is 0.351 e. The van der Waals surface area contributed by atoms with Crippen molar-refractivity contribution in [2.24, 2.45) is 11.3 Å². The number of hydrogen-bond donors (Lipinski definition) is 3. The predicted octanol–water partition coefficient (Wildman–Crippen LogP) is 3.52. The highest BCUT2D eigenvalue weighted by Crippen LogP contribution is 2.41. The molecular formula is C17H20N4. The number of anilines is 1. The molecule has 2 aromatic heterocycles. The molecule has 0 saturated carbocycles. The quantitative estimate of drug-likeness (QED) is 0.472. The van der Waals surface area contributed by atoms with Gasteiger partial charge in [-0.15, -0.1) is 0 Å². The van der Waals surface area contributed by atoms with Crippen molar-refractivity contribution in [3.63, 3.8) is 0 Å². The zero-order valence-corrected chi connectivity index (χ0v) is 12.5. The number of H-pyrrole nitrogens is 1. The standard InChI is InChI=1S/C17H20N4/c1-17(2)8-7-11-13(9-17)20-16(21-18)15-14(11)10-5-3-4-6-12(10)19-15/h3-6,19H,7-9,18H2,1-2H3,(H,20,21). The Bertz CT molecular complexity index is 845. The SMILES string of the molecule is CC1(C)CCc2c(nc(NN)c3[nH]c4ccccc4c23)C1. The predicted molar refractivity (Wildman–Crippen MR) is 87.2 cm³/mol. The number of nitrogens with zero attached hydrogens (tertiary/aromatic N) is 1. The second-order valence-electron chi connectivity index (χ2n) is 6.79. The minimum atomic E-state index is 0.311. The van der Waals surface area contributed by atoms with E-state index >= 15 is 0 Å². The Morgan fingerprint density at radius 1 is 1.29 bits per heavy atom. The van der Waals surface area contributed by atoms with Crippen LogP contribution in [0.1, 0.15) is 31.5 Å². The van der Waals surface area contributed by atoms with Crippen LogP contribution in [0.5, 0.6) is 0 Å². The van der Waals surface area contributed by atoms with Crippen LogP contribution in [0.3, 0.4) is 0 Å². The van der Waals surface area contributed by atoms with Crippen LogP contribution in [-0.4, -0.2) is 9.97 Å². The van der Waals surface area contributed by atoms with E-state index < -0.39 is 0 Å². The van der Waals surface area contributed by atoms with Gasteiger partial charge in [0.1, 0.15) is 0 Å². The molecule has 4 heteroatoms. The van der Waals surface area contributed by atoms with Gasteiger partial charge in [-0.25, -0.2) is 10.8 Å². The summed E-state index contributed by atoms with van der Waals surface area (Å²) in [5.41, 5.74) is 7.83. The van der Waals surface area contributed by atoms with Gasteiger partial charge in [0.15, 0.2) is 5.82 Å². The van der Waals surface area contributed by atoms with Crippen molar-refractivity contribution in [1.82, 2.24) is 9.97 Å². The van der Waals surface area contributed by atoms with E-state index in [2.05, 4.69) is 48.5 Å². The normalized spacial score (nSPS) is 17.1. The Hall–Kier alpha value is -2.07. The number of para-hydroxylation sites is 1. The fourth-order valence-electron chi connectivity index (χ4n) is 3.56. The summed E-state index contributed by atoms with van der Waals surface area (Å²) in [6.45, 7) is 4.62. The second kappa shape index (κ2) is 4.21. The van der Waals surface area contributed by atoms with Gasteiger partial charge in [0.25, 0.3) is 0 Å². The smallest absolute Gasteiger partial charge is 0.164 e. The highest BCUT2D eigenvalue weighted by atomic mass is 15.3. The third kappa shape index (κ3) is 1.83. The van der Waals surface area contributed by atoms with Crippen molar-refractivity contribution in [1.29, 1.82) is 0 Å². The van der Waals surface area contributed by atoms with Crippen molar-refractivity contribution in [3.05, 3.63) is 35.5 Å². The molecule has 0 bridgehead atoms. The zero-order valence-electron chi connectivity index (χ0n) is 12.5. The van der Waals surface area contributed by atoms with Crippen molar-refractivity contribution in [2.45, 2.75) is 33.1 Å². The average Bonchev–Trinajstić information content (AvgIpc) is 2.84. The highest BCUT2D eigenvalue weighted by molar-refractivity contribution is 6.12. The lowest BCUT2D eigenvalue weighted by Crippen LogP contribution is -2.24. The lowest BCUT2D eigenvalue weighted by Gasteiger charge is -2.31. The number of hydrogen-bond acceptors (Lipinski definition) is 3. The maximum atomic E-state index is 5.71. The van der Waals surface area contributed by atoms with Gasteiger partial charge in [-0.3, -0.25) is 0 Å². The van der Waals surface area contributed by atoms with Crippen molar-refractivity contribution in [2.75, 3.05) is 5.43 Å². The van der Waals surface area contributed by atoms with E-state index in [9.17, 15) is 0 Å². The van der Waals surface area contributed by atoms with E-state index in [1.54, 1.807) is 0 Å². The van der Waals surface area contributed by atoms with E-state index in [1.807, 2.05) is 0 Å². The van der Waals surface area contributed by atoms with E-state index in [0.717, 1.165) is 29.7 Å². The molecule has 2 heterocycles. The molecule has 0 saturated heterocycles. The number of nitrogen functional groups attached to an aromatic ring is 1. The fourth-order valence-corrected chi connectivity index (χ4v) is 3.56. The summed E-state index contributed by atoms with van der Waals surface area (Å²) in [6, 6.07) is 8.42. The molecule has 0 atom stereocenters. The first-order valence-corrected chi connectivity index (χ1v) is 7.48. The maximum absolute atomic E-state index is 5.71. The molecule has 21 heavy (non-hydrogen) atoms. The molecule has 0 aliphatic heterocycles. The summed E-state index contributed by atoms with van der Waals surface area (Å²) < 4.78 is 0. The number of aromatic nitrogens is 2. The number of nitrogens with two attached hydrogens (primary N) is 1. The van der Waals surface area contributed by atoms with Gasteiger partial charge in [0, 0.05) is 22.0 Å². The monoisotopic (exact) mass is 280 g/mol. The lowest BCUT2D eigenvalue weighted by molar-refractivity contribution is 0.312. The van der Waals surface area contributed by atoms with Crippen LogP contribution in [0, 0.1) is 5.41 Å². The van der Waals surface area contributed by atoms with Gasteiger partial charge in [-0.05, 0) is 36.3 Å². The van der Waals surface area contributed by atoms with Gasteiger partial charge in [0.2, 0.25) is 0 Å². The summed E-state index contributed by atoms with van der Waals surface area (Å²) in [5, 5.41) is 2.56. The fraction of sp³-hybridized carbons (Fsp3) is 0.353. The minimum Gasteiger partial charge on any atom is -0.351 e. The Morgan fingerprint density at radius 3 is 2.90 bits per heavy atom. The second-order valence-corrected chi connectivity index (χ2v) is 6.79. The van der Waals surface area contributed by atoms with Crippen molar-refractivity contribution < 1.29 is 0 Å². The Labute approximate surface area is 123 Å². The lowest BCUT2D eigenvalue weighted by atomic mass is 9.75. The molecule has 0 amide bonds. The number of aryl methyl sites for hydroxylation is 1. The molecule has 1 aliphatic carbocycles. The molecule has 4 N–H and O–H groups in total. The van der Waals surface area contributed by atoms with Gasteiger partial charge >= 0.3 is 0 Å². The van der Waals surface area contributed by atoms with Crippen LogP contribution in [-0.2, 0) is 12.8 Å². The Morgan fingerprint density at radius 2 is 2.10 bits per heavy atom. The molecule has 0 radical (unpaired) electrons. The van der Waals surface area contributed by atoms with E-state index in [-0.39, 0.29) is 0 Å². The van der Waals surface area contributed by atoms with Crippen molar-refractivity contribution >= 4 is 27.6 Å². The van der Waals surface area contributed by atoms with Gasteiger partial charge < -0.3 is 10.4 Å². The number of rotatable bonds is 1. The molecular weight excluding hydrogens is 260 g/mol. The summed E-state index contributed by atoms with van der Waals surface area (Å²) in [5.74, 6) is 6.45. The molecule has 0 unspecified atom stereocenters. The Balaban J connectivity index is 2.12. The number of benzene rings is 1.